The first-order valence-corrected chi connectivity index (χ1v) is 6.08. The predicted octanol–water partition coefficient (Wildman–Crippen LogP) is 2.01. The fourth-order valence-electron chi connectivity index (χ4n) is 1.39. The summed E-state index contributed by atoms with van der Waals surface area (Å²) in [5.74, 6) is 0.635. The van der Waals surface area contributed by atoms with Crippen molar-refractivity contribution in [3.63, 3.8) is 0 Å². The standard InChI is InChI=1S/C11H13IN2O/c12-9-3-1-2-8(10(9)13)11(15)14-6-7-4-5-7/h1-3,7H,4-6,13H2,(H,14,15). The van der Waals surface area contributed by atoms with Gasteiger partial charge in [0.2, 0.25) is 0 Å². The Morgan fingerprint density at radius 1 is 1.53 bits per heavy atom. The number of nitrogens with one attached hydrogen (secondary N) is 1. The van der Waals surface area contributed by atoms with Gasteiger partial charge < -0.3 is 11.1 Å². The maximum atomic E-state index is 11.8. The monoisotopic (exact) mass is 316 g/mol. The average molecular weight is 316 g/mol. The van der Waals surface area contributed by atoms with E-state index in [-0.39, 0.29) is 5.91 Å². The molecule has 1 aromatic rings. The number of para-hydroxylation sites is 1. The molecule has 1 fully saturated rings. The van der Waals surface area contributed by atoms with Crippen molar-refractivity contribution in [2.75, 3.05) is 12.3 Å². The summed E-state index contributed by atoms with van der Waals surface area (Å²) in [6.45, 7) is 0.781. The van der Waals surface area contributed by atoms with E-state index >= 15 is 0 Å². The van der Waals surface area contributed by atoms with Crippen LogP contribution >= 0.6 is 22.6 Å². The Hall–Kier alpha value is -0.780. The van der Waals surface area contributed by atoms with Gasteiger partial charge in [0.15, 0.2) is 0 Å². The highest BCUT2D eigenvalue weighted by atomic mass is 127. The van der Waals surface area contributed by atoms with E-state index in [9.17, 15) is 4.79 Å². The highest BCUT2D eigenvalue weighted by molar-refractivity contribution is 14.1. The van der Waals surface area contributed by atoms with Crippen LogP contribution in [0.15, 0.2) is 18.2 Å². The van der Waals surface area contributed by atoms with Crippen LogP contribution in [0.2, 0.25) is 0 Å². The van der Waals surface area contributed by atoms with E-state index in [2.05, 4.69) is 27.9 Å². The molecule has 0 radical (unpaired) electrons. The lowest BCUT2D eigenvalue weighted by Crippen LogP contribution is -2.26. The third-order valence-corrected chi connectivity index (χ3v) is 3.49. The molecule has 0 spiro atoms. The van der Waals surface area contributed by atoms with Gasteiger partial charge in [-0.3, -0.25) is 4.79 Å². The van der Waals surface area contributed by atoms with Crippen LogP contribution in [0.5, 0.6) is 0 Å². The molecule has 1 aromatic carbocycles. The first kappa shape index (κ1) is 10.7. The Morgan fingerprint density at radius 3 is 2.93 bits per heavy atom. The summed E-state index contributed by atoms with van der Waals surface area (Å²) in [6.07, 6.45) is 2.48. The second kappa shape index (κ2) is 4.38. The number of nitrogen functional groups attached to an aromatic ring is 1. The molecule has 0 unspecified atom stereocenters. The van der Waals surface area contributed by atoms with Crippen molar-refractivity contribution in [1.29, 1.82) is 0 Å². The number of carbonyl (C=O) groups excluding carboxylic acids is 1. The first-order valence-electron chi connectivity index (χ1n) is 5.00. The number of halogens is 1. The topological polar surface area (TPSA) is 55.1 Å². The molecule has 0 atom stereocenters. The average Bonchev–Trinajstić information content (AvgIpc) is 3.02. The molecule has 0 aromatic heterocycles. The second-order valence-corrected chi connectivity index (χ2v) is 5.02. The molecule has 0 saturated heterocycles. The van der Waals surface area contributed by atoms with Gasteiger partial charge in [0.25, 0.3) is 5.91 Å². The lowest BCUT2D eigenvalue weighted by molar-refractivity contribution is 0.0952. The van der Waals surface area contributed by atoms with Crippen LogP contribution in [-0.2, 0) is 0 Å². The van der Waals surface area contributed by atoms with E-state index in [0.717, 1.165) is 10.1 Å². The van der Waals surface area contributed by atoms with Gasteiger partial charge in [-0.2, -0.15) is 0 Å². The number of carbonyl (C=O) groups is 1. The van der Waals surface area contributed by atoms with Crippen LogP contribution in [0.25, 0.3) is 0 Å². The van der Waals surface area contributed by atoms with Crippen molar-refractivity contribution < 1.29 is 4.79 Å². The van der Waals surface area contributed by atoms with E-state index in [4.69, 9.17) is 5.73 Å². The fraction of sp³-hybridized carbons (Fsp3) is 0.364. The van der Waals surface area contributed by atoms with E-state index in [1.54, 1.807) is 6.07 Å². The molecular weight excluding hydrogens is 303 g/mol. The summed E-state index contributed by atoms with van der Waals surface area (Å²) in [5, 5.41) is 2.91. The number of rotatable bonds is 3. The van der Waals surface area contributed by atoms with Crippen LogP contribution in [-0.4, -0.2) is 12.5 Å². The highest BCUT2D eigenvalue weighted by Crippen LogP contribution is 2.28. The molecule has 80 valence electrons. The van der Waals surface area contributed by atoms with Gasteiger partial charge in [-0.1, -0.05) is 6.07 Å². The summed E-state index contributed by atoms with van der Waals surface area (Å²) in [5.41, 5.74) is 7.00. The normalized spacial score (nSPS) is 15.0. The Kier molecular flexibility index (Phi) is 3.14. The molecule has 2 rings (SSSR count). The number of hydrogen-bond acceptors (Lipinski definition) is 2. The van der Waals surface area contributed by atoms with Crippen molar-refractivity contribution in [1.82, 2.24) is 5.32 Å². The maximum Gasteiger partial charge on any atom is 0.253 e. The van der Waals surface area contributed by atoms with Crippen molar-refractivity contribution in [2.45, 2.75) is 12.8 Å². The zero-order valence-corrected chi connectivity index (χ0v) is 10.5. The van der Waals surface area contributed by atoms with Crippen LogP contribution in [0.3, 0.4) is 0 Å². The smallest absolute Gasteiger partial charge is 0.253 e. The molecule has 3 N–H and O–H groups in total. The molecule has 1 saturated carbocycles. The van der Waals surface area contributed by atoms with Gasteiger partial charge in [0, 0.05) is 10.1 Å². The lowest BCUT2D eigenvalue weighted by Gasteiger charge is -2.07. The Balaban J connectivity index is 2.06. The minimum absolute atomic E-state index is 0.0575. The Morgan fingerprint density at radius 2 is 2.27 bits per heavy atom. The van der Waals surface area contributed by atoms with E-state index in [0.29, 0.717) is 17.2 Å². The molecular formula is C11H13IN2O. The molecule has 1 amide bonds. The van der Waals surface area contributed by atoms with Crippen molar-refractivity contribution in [3.8, 4) is 0 Å². The van der Waals surface area contributed by atoms with Gasteiger partial charge in [-0.25, -0.2) is 0 Å². The molecule has 1 aliphatic carbocycles. The third-order valence-electron chi connectivity index (χ3n) is 2.55. The summed E-state index contributed by atoms with van der Waals surface area (Å²) < 4.78 is 0.923. The molecule has 1 aliphatic rings. The van der Waals surface area contributed by atoms with Crippen molar-refractivity contribution >= 4 is 34.2 Å². The Bertz CT molecular complexity index is 388. The predicted molar refractivity (Wildman–Crippen MR) is 68.6 cm³/mol. The van der Waals surface area contributed by atoms with Gasteiger partial charge in [0.1, 0.15) is 0 Å². The van der Waals surface area contributed by atoms with Gasteiger partial charge in [-0.05, 0) is 53.5 Å². The molecule has 4 heteroatoms. The number of hydrogen-bond donors (Lipinski definition) is 2. The second-order valence-electron chi connectivity index (χ2n) is 3.85. The van der Waals surface area contributed by atoms with E-state index in [1.807, 2.05) is 12.1 Å². The van der Waals surface area contributed by atoms with Gasteiger partial charge >= 0.3 is 0 Å². The largest absolute Gasteiger partial charge is 0.397 e. The SMILES string of the molecule is Nc1c(I)cccc1C(=O)NCC1CC1. The summed E-state index contributed by atoms with van der Waals surface area (Å²) in [4.78, 5) is 11.8. The van der Waals surface area contributed by atoms with E-state index in [1.165, 1.54) is 12.8 Å². The van der Waals surface area contributed by atoms with Gasteiger partial charge in [0.05, 0.1) is 11.3 Å². The van der Waals surface area contributed by atoms with Crippen LogP contribution in [0.1, 0.15) is 23.2 Å². The minimum Gasteiger partial charge on any atom is -0.397 e. The Labute approximate surface area is 103 Å². The summed E-state index contributed by atoms with van der Waals surface area (Å²) in [6, 6.07) is 5.51. The number of nitrogens with two attached hydrogens (primary N) is 1. The third kappa shape index (κ3) is 2.62. The highest BCUT2D eigenvalue weighted by Gasteiger charge is 2.22. The van der Waals surface area contributed by atoms with Gasteiger partial charge in [-0.15, -0.1) is 0 Å². The quantitative estimate of drug-likeness (QED) is 0.662. The number of anilines is 1. The van der Waals surface area contributed by atoms with Crippen LogP contribution < -0.4 is 11.1 Å². The lowest BCUT2D eigenvalue weighted by atomic mass is 10.1. The van der Waals surface area contributed by atoms with Crippen molar-refractivity contribution in [3.05, 3.63) is 27.3 Å². The summed E-state index contributed by atoms with van der Waals surface area (Å²) >= 11 is 2.13. The zero-order chi connectivity index (χ0) is 10.8. The van der Waals surface area contributed by atoms with Crippen molar-refractivity contribution in [2.24, 2.45) is 5.92 Å². The number of benzene rings is 1. The zero-order valence-electron chi connectivity index (χ0n) is 8.29. The van der Waals surface area contributed by atoms with Crippen LogP contribution in [0.4, 0.5) is 5.69 Å². The molecule has 3 nitrogen and oxygen atoms in total. The van der Waals surface area contributed by atoms with Crippen LogP contribution in [0, 0.1) is 9.49 Å². The molecule has 0 aliphatic heterocycles. The molecule has 0 bridgehead atoms. The first-order chi connectivity index (χ1) is 7.18. The maximum absolute atomic E-state index is 11.8. The minimum atomic E-state index is -0.0575. The molecule has 0 heterocycles. The summed E-state index contributed by atoms with van der Waals surface area (Å²) in [7, 11) is 0. The fourth-order valence-corrected chi connectivity index (χ4v) is 1.89. The number of amides is 1. The molecule has 15 heavy (non-hydrogen) atoms. The van der Waals surface area contributed by atoms with E-state index < -0.39 is 0 Å².